The fourth-order valence-corrected chi connectivity index (χ4v) is 3.68. The van der Waals surface area contributed by atoms with Crippen molar-refractivity contribution in [1.82, 2.24) is 4.57 Å². The zero-order valence-electron chi connectivity index (χ0n) is 17.8. The smallest absolute Gasteiger partial charge is 0.344 e. The van der Waals surface area contributed by atoms with Gasteiger partial charge in [0.05, 0.1) is 0 Å². The number of anilines is 2. The molecule has 0 bridgehead atoms. The van der Waals surface area contributed by atoms with E-state index >= 15 is 0 Å². The van der Waals surface area contributed by atoms with E-state index in [4.69, 9.17) is 9.47 Å². The van der Waals surface area contributed by atoms with Gasteiger partial charge in [0.25, 0.3) is 0 Å². The van der Waals surface area contributed by atoms with E-state index in [9.17, 15) is 9.59 Å². The summed E-state index contributed by atoms with van der Waals surface area (Å²) in [5.41, 5.74) is 4.54. The van der Waals surface area contributed by atoms with E-state index in [0.717, 1.165) is 35.6 Å². The molecule has 1 N–H and O–H groups in total. The molecule has 0 amide bonds. The lowest BCUT2D eigenvalue weighted by molar-refractivity contribution is -0.144. The van der Waals surface area contributed by atoms with Crippen LogP contribution < -0.4 is 10.1 Å². The third-order valence-electron chi connectivity index (χ3n) is 5.33. The summed E-state index contributed by atoms with van der Waals surface area (Å²) in [6.07, 6.45) is 2.30. The Labute approximate surface area is 181 Å². The van der Waals surface area contributed by atoms with Gasteiger partial charge in [-0.3, -0.25) is 4.79 Å². The maximum absolute atomic E-state index is 12.5. The quantitative estimate of drug-likeness (QED) is 0.392. The summed E-state index contributed by atoms with van der Waals surface area (Å²) in [5.74, 6) is -0.213. The molecule has 0 radical (unpaired) electrons. The number of rotatable bonds is 9. The predicted octanol–water partition coefficient (Wildman–Crippen LogP) is 4.99. The number of hydrogen-bond acceptors (Lipinski definition) is 5. The van der Waals surface area contributed by atoms with Crippen molar-refractivity contribution < 1.29 is 19.1 Å². The zero-order chi connectivity index (χ0) is 21.8. The van der Waals surface area contributed by atoms with Gasteiger partial charge in [-0.2, -0.15) is 0 Å². The van der Waals surface area contributed by atoms with Crippen LogP contribution in [0, 0.1) is 13.8 Å². The number of nitrogens with one attached hydrogen (secondary N) is 1. The van der Waals surface area contributed by atoms with Crippen molar-refractivity contribution in [2.24, 2.45) is 0 Å². The standard InChI is InChI=1S/C25H26N2O4/c1-17-14-23(18(2)27(17)21-10-11-21)24(28)15-31-25(29)16-30-22-12-8-20(9-13-22)26-19-6-4-3-5-7-19/h3-9,12-14,21,26H,10-11,15-16H2,1-2H3. The van der Waals surface area contributed by atoms with Gasteiger partial charge in [0, 0.05) is 34.4 Å². The number of ether oxygens (including phenoxy) is 2. The van der Waals surface area contributed by atoms with Crippen molar-refractivity contribution >= 4 is 23.1 Å². The highest BCUT2D eigenvalue weighted by Crippen LogP contribution is 2.38. The number of aromatic nitrogens is 1. The zero-order valence-corrected chi connectivity index (χ0v) is 17.8. The van der Waals surface area contributed by atoms with Crippen LogP contribution in [-0.4, -0.2) is 29.5 Å². The van der Waals surface area contributed by atoms with Gasteiger partial charge in [-0.25, -0.2) is 4.79 Å². The van der Waals surface area contributed by atoms with Crippen molar-refractivity contribution in [2.45, 2.75) is 32.7 Å². The SMILES string of the molecule is Cc1cc(C(=O)COC(=O)COc2ccc(Nc3ccccc3)cc2)c(C)n1C1CC1. The van der Waals surface area contributed by atoms with Crippen molar-refractivity contribution in [1.29, 1.82) is 0 Å². The molecule has 1 heterocycles. The molecule has 160 valence electrons. The Morgan fingerprint density at radius 2 is 1.65 bits per heavy atom. The molecule has 6 heteroatoms. The second-order valence-corrected chi connectivity index (χ2v) is 7.77. The minimum atomic E-state index is -0.573. The van der Waals surface area contributed by atoms with Gasteiger partial charge in [0.2, 0.25) is 5.78 Å². The van der Waals surface area contributed by atoms with Crippen LogP contribution in [0.15, 0.2) is 60.7 Å². The van der Waals surface area contributed by atoms with Gasteiger partial charge in [-0.05, 0) is 69.2 Å². The molecule has 31 heavy (non-hydrogen) atoms. The van der Waals surface area contributed by atoms with Crippen LogP contribution in [0.25, 0.3) is 0 Å². The molecule has 1 aliphatic carbocycles. The molecule has 6 nitrogen and oxygen atoms in total. The first-order valence-electron chi connectivity index (χ1n) is 10.4. The summed E-state index contributed by atoms with van der Waals surface area (Å²) in [7, 11) is 0. The summed E-state index contributed by atoms with van der Waals surface area (Å²) in [4.78, 5) is 24.5. The van der Waals surface area contributed by atoms with Gasteiger partial charge in [-0.1, -0.05) is 18.2 Å². The van der Waals surface area contributed by atoms with E-state index in [0.29, 0.717) is 17.4 Å². The maximum atomic E-state index is 12.5. The second-order valence-electron chi connectivity index (χ2n) is 7.77. The normalized spacial score (nSPS) is 13.0. The van der Waals surface area contributed by atoms with Crippen LogP contribution in [0.4, 0.5) is 11.4 Å². The van der Waals surface area contributed by atoms with Crippen LogP contribution in [-0.2, 0) is 9.53 Å². The Morgan fingerprint density at radius 1 is 0.968 bits per heavy atom. The molecule has 0 spiro atoms. The molecule has 0 unspecified atom stereocenters. The van der Waals surface area contributed by atoms with Crippen molar-refractivity contribution in [3.05, 3.63) is 77.6 Å². The predicted molar refractivity (Wildman–Crippen MR) is 119 cm³/mol. The van der Waals surface area contributed by atoms with Crippen LogP contribution in [0.2, 0.25) is 0 Å². The first-order valence-corrected chi connectivity index (χ1v) is 10.4. The van der Waals surface area contributed by atoms with E-state index in [-0.39, 0.29) is 19.0 Å². The number of esters is 1. The van der Waals surface area contributed by atoms with Gasteiger partial charge in [-0.15, -0.1) is 0 Å². The largest absolute Gasteiger partial charge is 0.482 e. The Balaban J connectivity index is 1.24. The lowest BCUT2D eigenvalue weighted by atomic mass is 10.1. The number of hydrogen-bond donors (Lipinski definition) is 1. The Hall–Kier alpha value is -3.54. The minimum Gasteiger partial charge on any atom is -0.482 e. The van der Waals surface area contributed by atoms with Crippen LogP contribution in [0.3, 0.4) is 0 Å². The molecule has 0 atom stereocenters. The average molecular weight is 418 g/mol. The number of ketones is 1. The molecule has 1 fully saturated rings. The first-order chi connectivity index (χ1) is 15.0. The molecule has 0 aliphatic heterocycles. The fraction of sp³-hybridized carbons (Fsp3) is 0.280. The first kappa shape index (κ1) is 20.7. The molecule has 0 saturated heterocycles. The topological polar surface area (TPSA) is 69.6 Å². The van der Waals surface area contributed by atoms with Crippen molar-refractivity contribution in [2.75, 3.05) is 18.5 Å². The van der Waals surface area contributed by atoms with Crippen molar-refractivity contribution in [3.63, 3.8) is 0 Å². The van der Waals surface area contributed by atoms with Gasteiger partial charge in [0.15, 0.2) is 13.2 Å². The maximum Gasteiger partial charge on any atom is 0.344 e. The van der Waals surface area contributed by atoms with E-state index in [2.05, 4.69) is 9.88 Å². The third kappa shape index (κ3) is 5.15. The highest BCUT2D eigenvalue weighted by Gasteiger charge is 2.28. The van der Waals surface area contributed by atoms with Gasteiger partial charge < -0.3 is 19.4 Å². The van der Waals surface area contributed by atoms with Crippen LogP contribution in [0.5, 0.6) is 5.75 Å². The molecule has 1 saturated carbocycles. The molecular formula is C25H26N2O4. The van der Waals surface area contributed by atoms with Crippen LogP contribution >= 0.6 is 0 Å². The number of benzene rings is 2. The number of nitrogens with zero attached hydrogens (tertiary/aromatic N) is 1. The van der Waals surface area contributed by atoms with Crippen LogP contribution in [0.1, 0.15) is 40.6 Å². The number of carbonyl (C=O) groups is 2. The molecule has 1 aliphatic rings. The van der Waals surface area contributed by atoms with Gasteiger partial charge in [0.1, 0.15) is 5.75 Å². The lowest BCUT2D eigenvalue weighted by Gasteiger charge is -2.09. The Bertz CT molecular complexity index is 1070. The summed E-state index contributed by atoms with van der Waals surface area (Å²) < 4.78 is 12.8. The van der Waals surface area contributed by atoms with Gasteiger partial charge >= 0.3 is 5.97 Å². The molecule has 3 aromatic rings. The summed E-state index contributed by atoms with van der Waals surface area (Å²) in [6, 6.07) is 19.5. The molecule has 1 aromatic heterocycles. The number of Topliss-reactive ketones (excluding diaryl/α,β-unsaturated/α-hetero) is 1. The van der Waals surface area contributed by atoms with Crippen molar-refractivity contribution in [3.8, 4) is 5.75 Å². The average Bonchev–Trinajstić information content (AvgIpc) is 3.56. The number of aryl methyl sites for hydroxylation is 1. The summed E-state index contributed by atoms with van der Waals surface area (Å²) in [5, 5.41) is 3.28. The molecular weight excluding hydrogens is 392 g/mol. The second kappa shape index (κ2) is 9.08. The van der Waals surface area contributed by atoms with E-state index in [1.807, 2.05) is 62.4 Å². The van der Waals surface area contributed by atoms with E-state index < -0.39 is 5.97 Å². The van der Waals surface area contributed by atoms with E-state index in [1.165, 1.54) is 0 Å². The third-order valence-corrected chi connectivity index (χ3v) is 5.33. The number of para-hydroxylation sites is 1. The number of carbonyl (C=O) groups excluding carboxylic acids is 2. The Kier molecular flexibility index (Phi) is 6.07. The highest BCUT2D eigenvalue weighted by molar-refractivity contribution is 5.99. The monoisotopic (exact) mass is 418 g/mol. The highest BCUT2D eigenvalue weighted by atomic mass is 16.6. The summed E-state index contributed by atoms with van der Waals surface area (Å²) >= 11 is 0. The minimum absolute atomic E-state index is 0.190. The molecule has 2 aromatic carbocycles. The summed E-state index contributed by atoms with van der Waals surface area (Å²) in [6.45, 7) is 3.42. The Morgan fingerprint density at radius 3 is 2.32 bits per heavy atom. The molecule has 4 rings (SSSR count). The fourth-order valence-electron chi connectivity index (χ4n) is 3.68. The van der Waals surface area contributed by atoms with E-state index in [1.54, 1.807) is 12.1 Å². The lowest BCUT2D eigenvalue weighted by Crippen LogP contribution is -2.19.